The van der Waals surface area contributed by atoms with Crippen LogP contribution < -0.4 is 9.47 Å². The van der Waals surface area contributed by atoms with Crippen LogP contribution in [0.2, 0.25) is 0 Å². The van der Waals surface area contributed by atoms with Crippen molar-refractivity contribution < 1.29 is 23.8 Å². The zero-order chi connectivity index (χ0) is 21.1. The molecule has 2 heterocycles. The molecule has 1 aromatic heterocycles. The van der Waals surface area contributed by atoms with Crippen molar-refractivity contribution in [3.05, 3.63) is 53.6 Å². The van der Waals surface area contributed by atoms with Gasteiger partial charge in [-0.25, -0.2) is 9.78 Å². The Morgan fingerprint density at radius 3 is 2.40 bits per heavy atom. The summed E-state index contributed by atoms with van der Waals surface area (Å²) in [5.74, 6) is 0.308. The maximum absolute atomic E-state index is 12.7. The number of thiazole rings is 1. The second-order valence-corrected chi connectivity index (χ2v) is 7.98. The molecule has 3 aromatic rings. The van der Waals surface area contributed by atoms with Gasteiger partial charge in [0.05, 0.1) is 30.0 Å². The SMILES string of the molecule is COC(=O)c1ccc(C(=O)N2CCC(Oc3nc4cc(OC)ccc4s3)CC2)cc1. The van der Waals surface area contributed by atoms with Crippen LogP contribution in [-0.2, 0) is 4.74 Å². The molecular formula is C22H22N2O5S. The number of likely N-dealkylation sites (tertiary alicyclic amines) is 1. The monoisotopic (exact) mass is 426 g/mol. The number of piperidine rings is 1. The highest BCUT2D eigenvalue weighted by Gasteiger charge is 2.25. The molecule has 156 valence electrons. The minimum Gasteiger partial charge on any atom is -0.497 e. The molecule has 30 heavy (non-hydrogen) atoms. The summed E-state index contributed by atoms with van der Waals surface area (Å²) in [6.45, 7) is 1.22. The number of nitrogens with zero attached hydrogens (tertiary/aromatic N) is 2. The van der Waals surface area contributed by atoms with Gasteiger partial charge in [-0.15, -0.1) is 0 Å². The van der Waals surface area contributed by atoms with Crippen molar-refractivity contribution in [1.29, 1.82) is 0 Å². The third kappa shape index (κ3) is 4.23. The Bertz CT molecular complexity index is 1060. The summed E-state index contributed by atoms with van der Waals surface area (Å²) >= 11 is 1.51. The van der Waals surface area contributed by atoms with Crippen LogP contribution in [0.5, 0.6) is 10.9 Å². The molecule has 1 saturated heterocycles. The van der Waals surface area contributed by atoms with E-state index in [1.54, 1.807) is 31.4 Å². The number of rotatable bonds is 5. The summed E-state index contributed by atoms with van der Waals surface area (Å²) in [6, 6.07) is 12.3. The Morgan fingerprint density at radius 2 is 1.73 bits per heavy atom. The van der Waals surface area contributed by atoms with Gasteiger partial charge in [0.25, 0.3) is 11.1 Å². The van der Waals surface area contributed by atoms with E-state index in [1.165, 1.54) is 18.4 Å². The van der Waals surface area contributed by atoms with E-state index in [9.17, 15) is 9.59 Å². The lowest BCUT2D eigenvalue weighted by atomic mass is 10.1. The van der Waals surface area contributed by atoms with E-state index in [1.807, 2.05) is 23.1 Å². The van der Waals surface area contributed by atoms with Crippen molar-refractivity contribution in [2.45, 2.75) is 18.9 Å². The summed E-state index contributed by atoms with van der Waals surface area (Å²) in [6.07, 6.45) is 1.51. The Kier molecular flexibility index (Phi) is 5.85. The van der Waals surface area contributed by atoms with E-state index in [0.717, 1.165) is 28.8 Å². The minimum absolute atomic E-state index is 0.0261. The molecule has 1 aliphatic heterocycles. The zero-order valence-corrected chi connectivity index (χ0v) is 17.6. The van der Waals surface area contributed by atoms with Gasteiger partial charge in [-0.3, -0.25) is 4.79 Å². The molecule has 0 bridgehead atoms. The average molecular weight is 426 g/mol. The number of carbonyl (C=O) groups is 2. The Balaban J connectivity index is 1.34. The van der Waals surface area contributed by atoms with Crippen LogP contribution >= 0.6 is 11.3 Å². The third-order valence-electron chi connectivity index (χ3n) is 5.12. The maximum atomic E-state index is 12.7. The Hall–Kier alpha value is -3.13. The van der Waals surface area contributed by atoms with Crippen LogP contribution in [0.4, 0.5) is 0 Å². The molecule has 1 aliphatic rings. The van der Waals surface area contributed by atoms with E-state index in [4.69, 9.17) is 9.47 Å². The predicted molar refractivity (Wildman–Crippen MR) is 114 cm³/mol. The lowest BCUT2D eigenvalue weighted by Crippen LogP contribution is -2.41. The molecule has 4 rings (SSSR count). The molecule has 0 unspecified atom stereocenters. The first-order valence-electron chi connectivity index (χ1n) is 9.66. The Labute approximate surface area is 178 Å². The second-order valence-electron chi connectivity index (χ2n) is 6.99. The molecule has 0 aliphatic carbocycles. The summed E-state index contributed by atoms with van der Waals surface area (Å²) in [5, 5.41) is 0.640. The van der Waals surface area contributed by atoms with Crippen LogP contribution in [0.1, 0.15) is 33.6 Å². The summed E-state index contributed by atoms with van der Waals surface area (Å²) in [5.41, 5.74) is 1.84. The molecule has 0 N–H and O–H groups in total. The van der Waals surface area contributed by atoms with Crippen molar-refractivity contribution in [3.8, 4) is 10.9 Å². The van der Waals surface area contributed by atoms with Gasteiger partial charge < -0.3 is 19.1 Å². The standard InChI is InChI=1S/C22H22N2O5S/c1-27-17-7-8-19-18(13-17)23-22(30-19)29-16-9-11-24(12-10-16)20(25)14-3-5-15(6-4-14)21(26)28-2/h3-8,13,16H,9-12H2,1-2H3. The van der Waals surface area contributed by atoms with E-state index in [0.29, 0.717) is 29.4 Å². The van der Waals surface area contributed by atoms with Gasteiger partial charge in [0.15, 0.2) is 0 Å². The first-order valence-corrected chi connectivity index (χ1v) is 10.5. The van der Waals surface area contributed by atoms with Crippen molar-refractivity contribution in [3.63, 3.8) is 0 Å². The van der Waals surface area contributed by atoms with Gasteiger partial charge in [0.1, 0.15) is 11.9 Å². The summed E-state index contributed by atoms with van der Waals surface area (Å²) in [7, 11) is 2.96. The molecule has 0 radical (unpaired) electrons. The lowest BCUT2D eigenvalue weighted by molar-refractivity contribution is 0.0584. The largest absolute Gasteiger partial charge is 0.497 e. The summed E-state index contributed by atoms with van der Waals surface area (Å²) < 4.78 is 17.1. The average Bonchev–Trinajstić information content (AvgIpc) is 3.20. The number of benzene rings is 2. The van der Waals surface area contributed by atoms with Crippen molar-refractivity contribution in [2.75, 3.05) is 27.3 Å². The molecule has 8 heteroatoms. The number of hydrogen-bond donors (Lipinski definition) is 0. The normalized spacial score (nSPS) is 14.5. The van der Waals surface area contributed by atoms with Crippen LogP contribution in [0.15, 0.2) is 42.5 Å². The van der Waals surface area contributed by atoms with Crippen LogP contribution in [0.25, 0.3) is 10.2 Å². The molecule has 7 nitrogen and oxygen atoms in total. The molecule has 0 saturated carbocycles. The van der Waals surface area contributed by atoms with Gasteiger partial charge in [0.2, 0.25) is 0 Å². The van der Waals surface area contributed by atoms with Crippen molar-refractivity contribution >= 4 is 33.4 Å². The smallest absolute Gasteiger partial charge is 0.337 e. The van der Waals surface area contributed by atoms with Crippen LogP contribution in [-0.4, -0.2) is 55.2 Å². The van der Waals surface area contributed by atoms with Gasteiger partial charge >= 0.3 is 5.97 Å². The number of methoxy groups -OCH3 is 2. The molecule has 0 spiro atoms. The second kappa shape index (κ2) is 8.71. The lowest BCUT2D eigenvalue weighted by Gasteiger charge is -2.31. The minimum atomic E-state index is -0.416. The fourth-order valence-corrected chi connectivity index (χ4v) is 4.29. The number of hydrogen-bond acceptors (Lipinski definition) is 7. The highest BCUT2D eigenvalue weighted by molar-refractivity contribution is 7.20. The van der Waals surface area contributed by atoms with E-state index >= 15 is 0 Å². The molecule has 1 amide bonds. The fraction of sp³-hybridized carbons (Fsp3) is 0.318. The topological polar surface area (TPSA) is 78.0 Å². The van der Waals surface area contributed by atoms with E-state index in [2.05, 4.69) is 9.72 Å². The number of fused-ring (bicyclic) bond motifs is 1. The van der Waals surface area contributed by atoms with E-state index < -0.39 is 5.97 Å². The molecular weight excluding hydrogens is 404 g/mol. The van der Waals surface area contributed by atoms with Gasteiger partial charge in [-0.05, 0) is 36.4 Å². The number of esters is 1. The third-order valence-corrected chi connectivity index (χ3v) is 6.05. The van der Waals surface area contributed by atoms with Gasteiger partial charge in [-0.1, -0.05) is 11.3 Å². The molecule has 2 aromatic carbocycles. The van der Waals surface area contributed by atoms with Crippen molar-refractivity contribution in [2.24, 2.45) is 0 Å². The van der Waals surface area contributed by atoms with Gasteiger partial charge in [-0.2, -0.15) is 0 Å². The zero-order valence-electron chi connectivity index (χ0n) is 16.8. The quantitative estimate of drug-likeness (QED) is 0.578. The first-order chi connectivity index (χ1) is 14.6. The van der Waals surface area contributed by atoms with E-state index in [-0.39, 0.29) is 12.0 Å². The highest BCUT2D eigenvalue weighted by atomic mass is 32.1. The number of amides is 1. The number of ether oxygens (including phenoxy) is 3. The summed E-state index contributed by atoms with van der Waals surface area (Å²) in [4.78, 5) is 30.6. The highest BCUT2D eigenvalue weighted by Crippen LogP contribution is 2.32. The molecule has 0 atom stereocenters. The van der Waals surface area contributed by atoms with Crippen LogP contribution in [0.3, 0.4) is 0 Å². The first kappa shape index (κ1) is 20.2. The van der Waals surface area contributed by atoms with Crippen LogP contribution in [0, 0.1) is 0 Å². The Morgan fingerprint density at radius 1 is 1.03 bits per heavy atom. The number of carbonyl (C=O) groups excluding carboxylic acids is 2. The number of aromatic nitrogens is 1. The maximum Gasteiger partial charge on any atom is 0.337 e. The van der Waals surface area contributed by atoms with Gasteiger partial charge in [0, 0.05) is 37.6 Å². The van der Waals surface area contributed by atoms with Crippen molar-refractivity contribution in [1.82, 2.24) is 9.88 Å². The predicted octanol–water partition coefficient (Wildman–Crippen LogP) is 3.78. The fourth-order valence-electron chi connectivity index (χ4n) is 3.43. The molecule has 1 fully saturated rings.